The van der Waals surface area contributed by atoms with Crippen LogP contribution in [0.25, 0.3) is 11.4 Å². The third-order valence-electron chi connectivity index (χ3n) is 5.00. The van der Waals surface area contributed by atoms with Gasteiger partial charge in [0.15, 0.2) is 5.82 Å². The maximum absolute atomic E-state index is 13.2. The van der Waals surface area contributed by atoms with Gasteiger partial charge in [0.05, 0.1) is 0 Å². The van der Waals surface area contributed by atoms with Crippen LogP contribution in [0.1, 0.15) is 34.8 Å². The molecule has 6 heteroatoms. The van der Waals surface area contributed by atoms with E-state index in [1.165, 1.54) is 36.4 Å². The smallest absolute Gasteiger partial charge is 0.253 e. The van der Waals surface area contributed by atoms with Crippen molar-refractivity contribution in [1.82, 2.24) is 14.9 Å². The average molecular weight is 379 g/mol. The minimum atomic E-state index is -0.359. The molecule has 0 aliphatic carbocycles. The summed E-state index contributed by atoms with van der Waals surface area (Å²) in [7, 11) is 0. The number of hydrogen-bond acceptors (Lipinski definition) is 3. The van der Waals surface area contributed by atoms with E-state index < -0.39 is 0 Å². The topological polar surface area (TPSA) is 46.1 Å². The predicted octanol–water partition coefficient (Wildman–Crippen LogP) is 4.44. The van der Waals surface area contributed by atoms with Crippen LogP contribution in [-0.2, 0) is 0 Å². The van der Waals surface area contributed by atoms with Gasteiger partial charge in [-0.25, -0.2) is 18.7 Å². The first-order valence-corrected chi connectivity index (χ1v) is 9.24. The lowest BCUT2D eigenvalue weighted by Crippen LogP contribution is -2.39. The number of amides is 1. The lowest BCUT2D eigenvalue weighted by molar-refractivity contribution is 0.0706. The number of piperidine rings is 1. The Hall–Kier alpha value is -3.15. The fourth-order valence-corrected chi connectivity index (χ4v) is 3.52. The fraction of sp³-hybridized carbons (Fsp3) is 0.227. The van der Waals surface area contributed by atoms with Crippen molar-refractivity contribution in [1.29, 1.82) is 0 Å². The highest BCUT2D eigenvalue weighted by Gasteiger charge is 2.26. The van der Waals surface area contributed by atoms with Crippen LogP contribution in [0.4, 0.5) is 8.78 Å². The summed E-state index contributed by atoms with van der Waals surface area (Å²) in [6.45, 7) is 1.22. The van der Waals surface area contributed by atoms with E-state index in [1.54, 1.807) is 23.2 Å². The molecule has 1 saturated heterocycles. The molecule has 0 spiro atoms. The third-order valence-corrected chi connectivity index (χ3v) is 5.00. The molecule has 1 amide bonds. The summed E-state index contributed by atoms with van der Waals surface area (Å²) in [4.78, 5) is 23.5. The normalized spacial score (nSPS) is 16.8. The van der Waals surface area contributed by atoms with Crippen molar-refractivity contribution >= 4 is 5.91 Å². The number of rotatable bonds is 3. The van der Waals surface area contributed by atoms with Gasteiger partial charge in [-0.15, -0.1) is 0 Å². The van der Waals surface area contributed by atoms with Gasteiger partial charge in [0.25, 0.3) is 5.91 Å². The highest BCUT2D eigenvalue weighted by Crippen LogP contribution is 2.28. The lowest BCUT2D eigenvalue weighted by Gasteiger charge is -2.32. The molecule has 142 valence electrons. The second-order valence-electron chi connectivity index (χ2n) is 6.91. The number of carbonyl (C=O) groups is 1. The highest BCUT2D eigenvalue weighted by molar-refractivity contribution is 5.94. The van der Waals surface area contributed by atoms with E-state index in [9.17, 15) is 13.6 Å². The number of nitrogens with zero attached hydrogens (tertiary/aromatic N) is 3. The van der Waals surface area contributed by atoms with Gasteiger partial charge < -0.3 is 4.90 Å². The van der Waals surface area contributed by atoms with Crippen molar-refractivity contribution in [3.63, 3.8) is 0 Å². The van der Waals surface area contributed by atoms with Crippen molar-refractivity contribution < 1.29 is 13.6 Å². The molecule has 0 radical (unpaired) electrons. The molecule has 1 aromatic heterocycles. The first-order valence-electron chi connectivity index (χ1n) is 9.24. The minimum Gasteiger partial charge on any atom is -0.338 e. The van der Waals surface area contributed by atoms with Crippen LogP contribution < -0.4 is 0 Å². The Morgan fingerprint density at radius 2 is 1.64 bits per heavy atom. The Bertz CT molecular complexity index is 974. The molecule has 2 heterocycles. The van der Waals surface area contributed by atoms with E-state index in [2.05, 4.69) is 9.97 Å². The van der Waals surface area contributed by atoms with Crippen molar-refractivity contribution in [2.24, 2.45) is 0 Å². The summed E-state index contributed by atoms with van der Waals surface area (Å²) in [5.74, 6) is -0.123. The van der Waals surface area contributed by atoms with E-state index in [1.807, 2.05) is 6.07 Å². The standard InChI is InChI=1S/C22H19F2N3O/c23-18-7-3-15(4-8-18)21-25-12-11-20(26-21)17-2-1-13-27(14-17)22(28)16-5-9-19(24)10-6-16/h3-12,17H,1-2,13-14H2/t17-/m1/s1. The first kappa shape index (κ1) is 18.2. The summed E-state index contributed by atoms with van der Waals surface area (Å²) in [6, 6.07) is 13.6. The van der Waals surface area contributed by atoms with E-state index in [0.717, 1.165) is 24.1 Å². The molecule has 1 fully saturated rings. The number of hydrogen-bond donors (Lipinski definition) is 0. The van der Waals surface area contributed by atoms with E-state index in [-0.39, 0.29) is 23.5 Å². The number of carbonyl (C=O) groups excluding carboxylic acids is 1. The summed E-state index contributed by atoms with van der Waals surface area (Å²) >= 11 is 0. The molecular weight excluding hydrogens is 360 g/mol. The molecule has 0 unspecified atom stereocenters. The Balaban J connectivity index is 1.53. The molecule has 1 aliphatic rings. The van der Waals surface area contributed by atoms with E-state index in [0.29, 0.717) is 24.5 Å². The molecule has 0 N–H and O–H groups in total. The monoisotopic (exact) mass is 379 g/mol. The third kappa shape index (κ3) is 3.91. The van der Waals surface area contributed by atoms with Crippen LogP contribution >= 0.6 is 0 Å². The minimum absolute atomic E-state index is 0.0975. The quantitative estimate of drug-likeness (QED) is 0.676. The molecule has 2 aromatic carbocycles. The average Bonchev–Trinajstić information content (AvgIpc) is 2.74. The van der Waals surface area contributed by atoms with E-state index in [4.69, 9.17) is 0 Å². The molecule has 4 nitrogen and oxygen atoms in total. The summed E-state index contributed by atoms with van der Waals surface area (Å²) in [6.07, 6.45) is 3.49. The van der Waals surface area contributed by atoms with Crippen molar-refractivity contribution in [2.45, 2.75) is 18.8 Å². The van der Waals surface area contributed by atoms with Crippen LogP contribution in [0, 0.1) is 11.6 Å². The van der Waals surface area contributed by atoms with E-state index >= 15 is 0 Å². The SMILES string of the molecule is O=C(c1ccc(F)cc1)N1CCC[C@@H](c2ccnc(-c3ccc(F)cc3)n2)C1. The molecule has 1 atom stereocenters. The summed E-state index contributed by atoms with van der Waals surface area (Å²) < 4.78 is 26.3. The van der Waals surface area contributed by atoms with Gasteiger partial charge in [0.1, 0.15) is 11.6 Å². The van der Waals surface area contributed by atoms with Gasteiger partial charge in [-0.05, 0) is 67.4 Å². The number of likely N-dealkylation sites (tertiary alicyclic amines) is 1. The zero-order chi connectivity index (χ0) is 19.5. The molecular formula is C22H19F2N3O. The lowest BCUT2D eigenvalue weighted by atomic mass is 9.94. The largest absolute Gasteiger partial charge is 0.338 e. The highest BCUT2D eigenvalue weighted by atomic mass is 19.1. The Labute approximate surface area is 161 Å². The van der Waals surface area contributed by atoms with Gasteiger partial charge in [0, 0.05) is 42.0 Å². The van der Waals surface area contributed by atoms with Gasteiger partial charge in [0.2, 0.25) is 0 Å². The number of aromatic nitrogens is 2. The van der Waals surface area contributed by atoms with Gasteiger partial charge in [-0.3, -0.25) is 4.79 Å². The van der Waals surface area contributed by atoms with Gasteiger partial charge >= 0.3 is 0 Å². The van der Waals surface area contributed by atoms with Crippen LogP contribution in [0.15, 0.2) is 60.8 Å². The zero-order valence-corrected chi connectivity index (χ0v) is 15.2. The second kappa shape index (κ2) is 7.84. The van der Waals surface area contributed by atoms with Crippen molar-refractivity contribution in [2.75, 3.05) is 13.1 Å². The Morgan fingerprint density at radius 3 is 2.36 bits per heavy atom. The maximum atomic E-state index is 13.2. The maximum Gasteiger partial charge on any atom is 0.253 e. The van der Waals surface area contributed by atoms with Gasteiger partial charge in [-0.2, -0.15) is 0 Å². The predicted molar refractivity (Wildman–Crippen MR) is 102 cm³/mol. The molecule has 4 rings (SSSR count). The van der Waals surface area contributed by atoms with Crippen LogP contribution in [0.5, 0.6) is 0 Å². The Kier molecular flexibility index (Phi) is 5.10. The summed E-state index contributed by atoms with van der Waals surface area (Å²) in [5, 5.41) is 0. The van der Waals surface area contributed by atoms with Crippen molar-refractivity contribution in [3.8, 4) is 11.4 Å². The fourth-order valence-electron chi connectivity index (χ4n) is 3.52. The first-order chi connectivity index (χ1) is 13.6. The molecule has 3 aromatic rings. The van der Waals surface area contributed by atoms with Crippen LogP contribution in [0.3, 0.4) is 0 Å². The van der Waals surface area contributed by atoms with Crippen LogP contribution in [-0.4, -0.2) is 33.9 Å². The second-order valence-corrected chi connectivity index (χ2v) is 6.91. The van der Waals surface area contributed by atoms with Crippen molar-refractivity contribution in [3.05, 3.63) is 83.7 Å². The molecule has 0 bridgehead atoms. The molecule has 1 aliphatic heterocycles. The van der Waals surface area contributed by atoms with Crippen LogP contribution in [0.2, 0.25) is 0 Å². The van der Waals surface area contributed by atoms with Gasteiger partial charge in [-0.1, -0.05) is 0 Å². The molecule has 28 heavy (non-hydrogen) atoms. The zero-order valence-electron chi connectivity index (χ0n) is 15.2. The number of benzene rings is 2. The Morgan fingerprint density at radius 1 is 0.964 bits per heavy atom. The summed E-state index contributed by atoms with van der Waals surface area (Å²) in [5.41, 5.74) is 2.10. The number of halogens is 2. The molecule has 0 saturated carbocycles.